The number of hydrogen-bond acceptors (Lipinski definition) is 0. The largest absolute Gasteiger partial charge is 1.00 e. The normalized spacial score (nSPS) is 9.10. The highest BCUT2D eigenvalue weighted by Crippen LogP contribution is 2.09. The quantitative estimate of drug-likeness (QED) is 0.124. The smallest absolute Gasteiger partial charge is 0.154 e. The van der Waals surface area contributed by atoms with Gasteiger partial charge in [0.25, 0.3) is 0 Å². The van der Waals surface area contributed by atoms with E-state index in [0.29, 0.717) is 54.5 Å². The first-order valence-corrected chi connectivity index (χ1v) is 24.9. The zero-order valence-corrected chi connectivity index (χ0v) is 34.9. The van der Waals surface area contributed by atoms with Gasteiger partial charge in [0, 0.05) is 54.5 Å². The fraction of sp³-hybridized carbons (Fsp3) is 0.250. The highest BCUT2D eigenvalue weighted by Gasteiger charge is 2.06. The average molecular weight is 791 g/mol. The van der Waals surface area contributed by atoms with Crippen LogP contribution in [0.3, 0.4) is 0 Å². The van der Waals surface area contributed by atoms with Gasteiger partial charge >= 0.3 is 0 Å². The molecule has 0 unspecified atom stereocenters. The van der Waals surface area contributed by atoms with Crippen molar-refractivity contribution in [2.45, 2.75) is 24.5 Å². The fourth-order valence-electron chi connectivity index (χ4n) is 3.46. The second-order valence-corrected chi connectivity index (χ2v) is 21.2. The zero-order valence-electron chi connectivity index (χ0n) is 30.9. The second-order valence-electron chi connectivity index (χ2n) is 10.6. The molecule has 0 saturated heterocycles. The summed E-state index contributed by atoms with van der Waals surface area (Å²) in [6, 6.07) is 52.8. The van der Waals surface area contributed by atoms with Crippen LogP contribution in [-0.2, 0) is 54.5 Å². The van der Waals surface area contributed by atoms with Crippen LogP contribution in [0.1, 0.15) is 0 Å². The summed E-state index contributed by atoms with van der Waals surface area (Å²) >= 11 is 0. The van der Waals surface area contributed by atoms with E-state index in [2.05, 4.69) is 214 Å². The maximum absolute atomic E-state index is 2.23. The number of hydrogen-bond donors (Lipinski definition) is 0. The monoisotopic (exact) mass is 790 g/mol. The summed E-state index contributed by atoms with van der Waals surface area (Å²) in [6.07, 6.45) is 22.3. The number of halogens is 5. The van der Waals surface area contributed by atoms with Crippen LogP contribution in [0.2, 0.25) is 0 Å². The highest BCUT2D eigenvalue weighted by atomic mass is 32.2. The van der Waals surface area contributed by atoms with Gasteiger partial charge in [-0.05, 0) is 60.7 Å². The third-order valence-corrected chi connectivity index (χ3v) is 12.1. The van der Waals surface area contributed by atoms with Crippen LogP contribution in [0.15, 0.2) is 176 Å². The molecule has 280 valence electrons. The molecule has 0 amide bonds. The van der Waals surface area contributed by atoms with Gasteiger partial charge in [-0.3, -0.25) is 0 Å². The predicted octanol–water partition coefficient (Wildman–Crippen LogP) is -5.36. The Kier molecular flexibility index (Phi) is 39.7. The number of rotatable bonds is 5. The van der Waals surface area contributed by atoms with Gasteiger partial charge in [0.2, 0.25) is 0 Å². The molecule has 5 aromatic rings. The van der Waals surface area contributed by atoms with Crippen molar-refractivity contribution in [1.82, 2.24) is 0 Å². The number of benzene rings is 5. The molecule has 50 heavy (non-hydrogen) atoms. The first kappa shape index (κ1) is 56.9. The summed E-state index contributed by atoms with van der Waals surface area (Å²) in [6.45, 7) is 0. The van der Waals surface area contributed by atoms with Crippen LogP contribution < -0.4 is 23.5 Å². The molecule has 0 aromatic heterocycles. The Balaban J connectivity index is -0.000000165. The van der Waals surface area contributed by atoms with Crippen LogP contribution in [0, 0.1) is 0 Å². The molecule has 0 saturated carbocycles. The molecule has 0 bridgehead atoms. The Morgan fingerprint density at radius 2 is 0.300 bits per heavy atom. The molecular formula is C40H55F5S5. The van der Waals surface area contributed by atoms with Crippen LogP contribution >= 0.6 is 0 Å². The summed E-state index contributed by atoms with van der Waals surface area (Å²) in [7, 11) is 2.11. The van der Waals surface area contributed by atoms with E-state index in [0.717, 1.165) is 0 Å². The van der Waals surface area contributed by atoms with Crippen LogP contribution in [0.5, 0.6) is 0 Å². The Bertz CT molecular complexity index is 1110. The van der Waals surface area contributed by atoms with Crippen molar-refractivity contribution in [2.24, 2.45) is 0 Å². The van der Waals surface area contributed by atoms with E-state index in [1.54, 1.807) is 0 Å². The van der Waals surface area contributed by atoms with E-state index >= 15 is 0 Å². The lowest BCUT2D eigenvalue weighted by Gasteiger charge is -1.91. The van der Waals surface area contributed by atoms with Crippen molar-refractivity contribution in [3.63, 3.8) is 0 Å². The molecule has 0 nitrogen and oxygen atoms in total. The minimum atomic E-state index is 0. The van der Waals surface area contributed by atoms with Gasteiger partial charge < -0.3 is 23.5 Å². The minimum absolute atomic E-state index is 0. The lowest BCUT2D eigenvalue weighted by Crippen LogP contribution is -3.00. The van der Waals surface area contributed by atoms with Crippen molar-refractivity contribution in [3.05, 3.63) is 152 Å². The van der Waals surface area contributed by atoms with E-state index in [9.17, 15) is 0 Å². The zero-order chi connectivity index (χ0) is 33.5. The topological polar surface area (TPSA) is 0 Å². The van der Waals surface area contributed by atoms with Gasteiger partial charge in [0.05, 0.1) is 0 Å². The molecule has 10 heteroatoms. The second kappa shape index (κ2) is 34.9. The molecule has 5 rings (SSSR count). The van der Waals surface area contributed by atoms with E-state index < -0.39 is 0 Å². The van der Waals surface area contributed by atoms with Gasteiger partial charge in [0.1, 0.15) is 62.6 Å². The van der Waals surface area contributed by atoms with Gasteiger partial charge in [-0.1, -0.05) is 91.0 Å². The van der Waals surface area contributed by atoms with E-state index in [1.807, 2.05) is 0 Å². The molecule has 0 aliphatic heterocycles. The Hall–Kier alpha value is -2.50. The maximum Gasteiger partial charge on any atom is 0.154 e. The van der Waals surface area contributed by atoms with Crippen molar-refractivity contribution < 1.29 is 23.5 Å². The molecule has 0 aliphatic carbocycles. The van der Waals surface area contributed by atoms with Crippen LogP contribution in [-0.4, -0.2) is 62.6 Å². The van der Waals surface area contributed by atoms with E-state index in [1.165, 1.54) is 24.5 Å². The lowest BCUT2D eigenvalue weighted by atomic mass is 10.4. The van der Waals surface area contributed by atoms with Gasteiger partial charge in [0.15, 0.2) is 24.5 Å². The van der Waals surface area contributed by atoms with Crippen molar-refractivity contribution in [2.75, 3.05) is 62.6 Å². The molecule has 0 heterocycles. The Morgan fingerprint density at radius 3 is 0.360 bits per heavy atom. The third-order valence-electron chi connectivity index (χ3n) is 6.07. The SMILES string of the molecule is C[S+](C)c1ccccc1.C[S+](C)c1ccccc1.C[S+](C)c1ccccc1.C[S+](C)c1ccccc1.C[S+](C)c1ccccc1.[F-].[F-].[F-].[F-].[F-]. The first-order valence-electron chi connectivity index (χ1n) is 14.7. The van der Waals surface area contributed by atoms with Gasteiger partial charge in [-0.15, -0.1) is 0 Å². The highest BCUT2D eigenvalue weighted by molar-refractivity contribution is 7.96. The Morgan fingerprint density at radius 1 is 0.200 bits per heavy atom. The summed E-state index contributed by atoms with van der Waals surface area (Å²) in [5.41, 5.74) is 0. The average Bonchev–Trinajstić information content (AvgIpc) is 3.08. The van der Waals surface area contributed by atoms with Gasteiger partial charge in [-0.2, -0.15) is 0 Å². The molecule has 0 aliphatic rings. The predicted molar refractivity (Wildman–Crippen MR) is 220 cm³/mol. The van der Waals surface area contributed by atoms with Crippen LogP contribution in [0.25, 0.3) is 0 Å². The van der Waals surface area contributed by atoms with Crippen molar-refractivity contribution in [3.8, 4) is 0 Å². The minimum Gasteiger partial charge on any atom is -1.00 e. The molecule has 0 fully saturated rings. The maximum atomic E-state index is 2.23. The van der Waals surface area contributed by atoms with E-state index in [-0.39, 0.29) is 23.5 Å². The summed E-state index contributed by atoms with van der Waals surface area (Å²) in [4.78, 5) is 7.21. The first-order chi connectivity index (χ1) is 21.5. The third kappa shape index (κ3) is 27.3. The molecule has 5 aromatic carbocycles. The van der Waals surface area contributed by atoms with Gasteiger partial charge in [-0.25, -0.2) is 0 Å². The molecule has 0 N–H and O–H groups in total. The molecular weight excluding hydrogens is 736 g/mol. The molecule has 0 radical (unpaired) electrons. The Labute approximate surface area is 314 Å². The van der Waals surface area contributed by atoms with Crippen molar-refractivity contribution in [1.29, 1.82) is 0 Å². The van der Waals surface area contributed by atoms with E-state index in [4.69, 9.17) is 0 Å². The molecule has 0 spiro atoms. The fourth-order valence-corrected chi connectivity index (χ4v) is 6.97. The summed E-state index contributed by atoms with van der Waals surface area (Å²) in [5, 5.41) is 0. The van der Waals surface area contributed by atoms with Crippen molar-refractivity contribution >= 4 is 54.5 Å². The standard InChI is InChI=1S/5C8H11S.5FH/c5*1-9(2)8-6-4-3-5-7-8;;;;;/h5*3-7H,1-2H3;5*1H/q5*+1;;;;;/p-5. The lowest BCUT2D eigenvalue weighted by molar-refractivity contribution is -0.00100. The van der Waals surface area contributed by atoms with Crippen LogP contribution in [0.4, 0.5) is 0 Å². The molecule has 0 atom stereocenters. The summed E-state index contributed by atoms with van der Waals surface area (Å²) < 4.78 is 0. The summed E-state index contributed by atoms with van der Waals surface area (Å²) in [5.74, 6) is 0.